The van der Waals surface area contributed by atoms with Crippen LogP contribution < -0.4 is 10.6 Å². The first-order valence-electron chi connectivity index (χ1n) is 27.7. The molecule has 386 valence electrons. The third-order valence-corrected chi connectivity index (χ3v) is 12.6. The number of ether oxygens (including phenoxy) is 4. The molecular formula is C56H110N2O7. The lowest BCUT2D eigenvalue weighted by Gasteiger charge is -2.42. The van der Waals surface area contributed by atoms with Crippen molar-refractivity contribution in [2.24, 2.45) is 0 Å². The Morgan fingerprint density at radius 3 is 1.25 bits per heavy atom. The molecule has 65 heavy (non-hydrogen) atoms. The Kier molecular flexibility index (Phi) is 37.9. The molecule has 0 aromatic rings. The predicted octanol–water partition coefficient (Wildman–Crippen LogP) is 16.2. The molecule has 0 aliphatic carbocycles. The van der Waals surface area contributed by atoms with Crippen LogP contribution in [0.1, 0.15) is 294 Å². The average molecular weight is 924 g/mol. The zero-order valence-electron chi connectivity index (χ0n) is 45.1. The van der Waals surface area contributed by atoms with Gasteiger partial charge in [-0.2, -0.15) is 0 Å². The van der Waals surface area contributed by atoms with Crippen LogP contribution >= 0.6 is 0 Å². The zero-order valence-corrected chi connectivity index (χ0v) is 45.1. The van der Waals surface area contributed by atoms with Crippen molar-refractivity contribution in [2.75, 3.05) is 19.7 Å². The molecule has 0 aromatic heterocycles. The first-order valence-corrected chi connectivity index (χ1v) is 27.7. The molecule has 9 heteroatoms. The molecule has 2 N–H and O–H groups in total. The fourth-order valence-electron chi connectivity index (χ4n) is 8.76. The Balaban J connectivity index is 4.89. The molecule has 9 nitrogen and oxygen atoms in total. The summed E-state index contributed by atoms with van der Waals surface area (Å²) < 4.78 is 24.3. The number of carbonyl (C=O) groups is 3. The highest BCUT2D eigenvalue weighted by Gasteiger charge is 2.39. The molecule has 0 saturated heterocycles. The molecule has 0 saturated carbocycles. The molecule has 0 heterocycles. The number of nitrogens with one attached hydrogen (secondary N) is 2. The van der Waals surface area contributed by atoms with Crippen LogP contribution in [0, 0.1) is 0 Å². The summed E-state index contributed by atoms with van der Waals surface area (Å²) in [6, 6.07) is 0. The quantitative estimate of drug-likeness (QED) is 0.0462. The van der Waals surface area contributed by atoms with E-state index in [4.69, 9.17) is 18.9 Å². The summed E-state index contributed by atoms with van der Waals surface area (Å²) in [5, 5.41) is 5.71. The monoisotopic (exact) mass is 923 g/mol. The van der Waals surface area contributed by atoms with Gasteiger partial charge < -0.3 is 29.6 Å². The average Bonchev–Trinajstić information content (AvgIpc) is 3.23. The SMILES string of the molecule is CCCCCCCCCCCCCCCCCCNC(=O)C(CNC(=O)OC(C)(C)CC(C)(CC)OC(C)(C)COC(C)(C)C)OC(=O)CCCCCCCCCCCCCCCCC. The lowest BCUT2D eigenvalue weighted by atomic mass is 9.87. The van der Waals surface area contributed by atoms with E-state index in [0.29, 0.717) is 26.0 Å². The van der Waals surface area contributed by atoms with Gasteiger partial charge in [0.2, 0.25) is 0 Å². The van der Waals surface area contributed by atoms with Crippen LogP contribution in [0.4, 0.5) is 4.79 Å². The highest BCUT2D eigenvalue weighted by Crippen LogP contribution is 2.34. The van der Waals surface area contributed by atoms with E-state index in [1.165, 1.54) is 161 Å². The van der Waals surface area contributed by atoms with E-state index in [2.05, 4.69) is 31.4 Å². The number of rotatable bonds is 45. The van der Waals surface area contributed by atoms with Crippen LogP contribution in [0.25, 0.3) is 0 Å². The summed E-state index contributed by atoms with van der Waals surface area (Å²) in [5.74, 6) is -0.798. The highest BCUT2D eigenvalue weighted by atomic mass is 16.6. The predicted molar refractivity (Wildman–Crippen MR) is 275 cm³/mol. The van der Waals surface area contributed by atoms with E-state index < -0.39 is 35.0 Å². The van der Waals surface area contributed by atoms with Gasteiger partial charge in [-0.1, -0.05) is 207 Å². The summed E-state index contributed by atoms with van der Waals surface area (Å²) >= 11 is 0. The third-order valence-electron chi connectivity index (χ3n) is 12.6. The minimum absolute atomic E-state index is 0.164. The largest absolute Gasteiger partial charge is 0.450 e. The molecule has 2 unspecified atom stereocenters. The summed E-state index contributed by atoms with van der Waals surface area (Å²) in [6.45, 7) is 23.2. The third kappa shape index (κ3) is 40.9. The van der Waals surface area contributed by atoms with Crippen molar-refractivity contribution in [1.82, 2.24) is 10.6 Å². The van der Waals surface area contributed by atoms with Crippen molar-refractivity contribution in [2.45, 2.75) is 323 Å². The fourth-order valence-corrected chi connectivity index (χ4v) is 8.76. The van der Waals surface area contributed by atoms with E-state index in [-0.39, 0.29) is 24.5 Å². The van der Waals surface area contributed by atoms with E-state index in [9.17, 15) is 14.4 Å². The maximum atomic E-state index is 13.4. The lowest BCUT2D eigenvalue weighted by molar-refractivity contribution is -0.192. The molecule has 0 spiro atoms. The number of esters is 1. The minimum atomic E-state index is -1.14. The number of hydrogen-bond donors (Lipinski definition) is 2. The Bertz CT molecular complexity index is 1150. The Hall–Kier alpha value is -1.87. The second kappa shape index (κ2) is 39.0. The summed E-state index contributed by atoms with van der Waals surface area (Å²) in [4.78, 5) is 39.7. The first kappa shape index (κ1) is 63.1. The van der Waals surface area contributed by atoms with Crippen LogP contribution in [-0.2, 0) is 28.5 Å². The summed E-state index contributed by atoms with van der Waals surface area (Å²) in [7, 11) is 0. The van der Waals surface area contributed by atoms with Gasteiger partial charge in [0.25, 0.3) is 5.91 Å². The van der Waals surface area contributed by atoms with E-state index in [1.807, 2.05) is 55.4 Å². The van der Waals surface area contributed by atoms with Gasteiger partial charge >= 0.3 is 12.1 Å². The molecule has 2 amide bonds. The van der Waals surface area contributed by atoms with Gasteiger partial charge in [-0.25, -0.2) is 4.79 Å². The van der Waals surface area contributed by atoms with Gasteiger partial charge in [0.05, 0.1) is 30.0 Å². The highest BCUT2D eigenvalue weighted by molar-refractivity contribution is 5.84. The van der Waals surface area contributed by atoms with Crippen molar-refractivity contribution in [3.63, 3.8) is 0 Å². The van der Waals surface area contributed by atoms with Gasteiger partial charge in [-0.3, -0.25) is 9.59 Å². The second-order valence-electron chi connectivity index (χ2n) is 22.0. The number of alkyl carbamates (subject to hydrolysis) is 1. The van der Waals surface area contributed by atoms with E-state index in [0.717, 1.165) is 38.5 Å². The molecule has 0 rings (SSSR count). The van der Waals surface area contributed by atoms with Gasteiger partial charge in [-0.05, 0) is 74.7 Å². The minimum Gasteiger partial charge on any atom is -0.450 e. The lowest BCUT2D eigenvalue weighted by Crippen LogP contribution is -2.49. The smallest absolute Gasteiger partial charge is 0.407 e. The van der Waals surface area contributed by atoms with E-state index in [1.54, 1.807) is 0 Å². The molecular weight excluding hydrogens is 813 g/mol. The maximum absolute atomic E-state index is 13.4. The van der Waals surface area contributed by atoms with Crippen molar-refractivity contribution < 1.29 is 33.3 Å². The number of carbonyl (C=O) groups excluding carboxylic acids is 3. The second-order valence-corrected chi connectivity index (χ2v) is 22.0. The first-order chi connectivity index (χ1) is 30.9. The molecule has 0 fully saturated rings. The number of unbranched alkanes of at least 4 members (excludes halogenated alkanes) is 29. The van der Waals surface area contributed by atoms with Crippen LogP contribution in [0.3, 0.4) is 0 Å². The summed E-state index contributed by atoms with van der Waals surface area (Å²) in [5.41, 5.74) is -2.32. The van der Waals surface area contributed by atoms with Crippen molar-refractivity contribution in [3.05, 3.63) is 0 Å². The van der Waals surface area contributed by atoms with Crippen LogP contribution in [0.5, 0.6) is 0 Å². The van der Waals surface area contributed by atoms with Gasteiger partial charge in [0.1, 0.15) is 5.60 Å². The topological polar surface area (TPSA) is 112 Å². The maximum Gasteiger partial charge on any atom is 0.407 e. The summed E-state index contributed by atoms with van der Waals surface area (Å²) in [6.07, 6.45) is 39.0. The Morgan fingerprint density at radius 1 is 0.477 bits per heavy atom. The van der Waals surface area contributed by atoms with Gasteiger partial charge in [0.15, 0.2) is 6.10 Å². The van der Waals surface area contributed by atoms with Crippen LogP contribution in [-0.4, -0.2) is 66.2 Å². The Morgan fingerprint density at radius 2 is 0.862 bits per heavy atom. The van der Waals surface area contributed by atoms with Crippen molar-refractivity contribution in [3.8, 4) is 0 Å². The molecule has 0 radical (unpaired) electrons. The number of hydrogen-bond acceptors (Lipinski definition) is 7. The Labute approximate surface area is 403 Å². The molecule has 0 aliphatic rings. The molecule has 2 atom stereocenters. The molecule has 0 aliphatic heterocycles. The van der Waals surface area contributed by atoms with Crippen LogP contribution in [0.2, 0.25) is 0 Å². The van der Waals surface area contributed by atoms with Gasteiger partial charge in [-0.15, -0.1) is 0 Å². The molecule has 0 aromatic carbocycles. The van der Waals surface area contributed by atoms with Crippen molar-refractivity contribution in [1.29, 1.82) is 0 Å². The standard InChI is InChI=1S/C56H110N2O7/c1-12-15-17-19-21-23-25-27-29-31-33-35-37-39-41-43-45-57-51(60)49(63-50(59)44-42-40-38-36-34-32-30-28-26-24-22-20-18-16-13-2)46-58-52(61)64-54(7,8)47-56(11,14-3)65-55(9,10)48-62-53(4,5)6/h49H,12-48H2,1-11H3,(H,57,60)(H,58,61). The zero-order chi connectivity index (χ0) is 48.7. The van der Waals surface area contributed by atoms with Gasteiger partial charge in [0, 0.05) is 19.4 Å². The normalized spacial score (nSPS) is 13.6. The number of amides is 2. The van der Waals surface area contributed by atoms with E-state index >= 15 is 0 Å². The molecule has 0 bridgehead atoms. The van der Waals surface area contributed by atoms with Crippen LogP contribution in [0.15, 0.2) is 0 Å². The fraction of sp³-hybridized carbons (Fsp3) is 0.946. The van der Waals surface area contributed by atoms with Crippen molar-refractivity contribution >= 4 is 18.0 Å².